The Bertz CT molecular complexity index is 224. The summed E-state index contributed by atoms with van der Waals surface area (Å²) < 4.78 is 0. The van der Waals surface area contributed by atoms with Crippen molar-refractivity contribution in [2.24, 2.45) is 5.73 Å². The van der Waals surface area contributed by atoms with Gasteiger partial charge in [0.1, 0.15) is 6.04 Å². The average molecular weight is 194 g/mol. The highest BCUT2D eigenvalue weighted by Gasteiger charge is 2.13. The molecule has 5 heteroatoms. The maximum atomic E-state index is 10.3. The summed E-state index contributed by atoms with van der Waals surface area (Å²) in [7, 11) is 0. The quantitative estimate of drug-likeness (QED) is 0.743. The number of carboxylic acid groups (broad SMARTS) is 1. The van der Waals surface area contributed by atoms with E-state index in [9.17, 15) is 4.79 Å². The van der Waals surface area contributed by atoms with Crippen LogP contribution in [0.5, 0.6) is 0 Å². The summed E-state index contributed by atoms with van der Waals surface area (Å²) in [6.45, 7) is 0. The van der Waals surface area contributed by atoms with Crippen molar-refractivity contribution in [3.8, 4) is 0 Å². The molecule has 1 rings (SSSR count). The molecule has 0 aliphatic rings. The van der Waals surface area contributed by atoms with Gasteiger partial charge in [-0.25, -0.2) is 0 Å². The summed E-state index contributed by atoms with van der Waals surface area (Å²) in [6.07, 6.45) is 0. The van der Waals surface area contributed by atoms with Crippen LogP contribution in [0.3, 0.4) is 0 Å². The van der Waals surface area contributed by atoms with Crippen LogP contribution in [0.1, 0.15) is 11.6 Å². The van der Waals surface area contributed by atoms with Gasteiger partial charge >= 0.3 is 5.97 Å². The van der Waals surface area contributed by atoms with Gasteiger partial charge in [0.2, 0.25) is 0 Å². The average Bonchev–Trinajstić information content (AvgIpc) is 2.36. The maximum Gasteiger partial charge on any atom is 0.325 e. The molecule has 0 aliphatic carbocycles. The smallest absolute Gasteiger partial charge is 0.325 e. The van der Waals surface area contributed by atoms with Crippen LogP contribution in [0, 0.1) is 0 Å². The minimum absolute atomic E-state index is 0. The molecule has 3 N–H and O–H groups in total. The topological polar surface area (TPSA) is 63.3 Å². The Hall–Kier alpha value is -0.580. The molecule has 0 aliphatic heterocycles. The van der Waals surface area contributed by atoms with Crippen LogP contribution in [0.25, 0.3) is 0 Å². The van der Waals surface area contributed by atoms with Gasteiger partial charge < -0.3 is 10.8 Å². The largest absolute Gasteiger partial charge is 0.480 e. The van der Waals surface area contributed by atoms with E-state index in [1.54, 1.807) is 16.8 Å². The summed E-state index contributed by atoms with van der Waals surface area (Å²) in [5, 5.41) is 12.0. The van der Waals surface area contributed by atoms with Gasteiger partial charge in [0, 0.05) is 0 Å². The third kappa shape index (κ3) is 2.49. The van der Waals surface area contributed by atoms with E-state index in [4.69, 9.17) is 10.8 Å². The summed E-state index contributed by atoms with van der Waals surface area (Å²) >= 11 is 1.44. The molecule has 0 bridgehead atoms. The molecule has 3 nitrogen and oxygen atoms in total. The molecule has 1 atom stereocenters. The van der Waals surface area contributed by atoms with Gasteiger partial charge in [0.05, 0.1) is 0 Å². The van der Waals surface area contributed by atoms with Crippen LogP contribution in [0.15, 0.2) is 16.8 Å². The number of carbonyl (C=O) groups is 1. The number of hydrogen-bond donors (Lipinski definition) is 2. The summed E-state index contributed by atoms with van der Waals surface area (Å²) in [5.74, 6) is -0.988. The molecule has 0 aromatic carbocycles. The van der Waals surface area contributed by atoms with Crippen molar-refractivity contribution >= 4 is 29.7 Å². The van der Waals surface area contributed by atoms with Crippen LogP contribution in [0.2, 0.25) is 0 Å². The van der Waals surface area contributed by atoms with Gasteiger partial charge in [0.15, 0.2) is 0 Å². The molecule has 1 unspecified atom stereocenters. The first-order valence-corrected chi connectivity index (χ1v) is 3.66. The summed E-state index contributed by atoms with van der Waals surface area (Å²) in [5.41, 5.74) is 5.95. The third-order valence-electron chi connectivity index (χ3n) is 1.17. The Morgan fingerprint density at radius 3 is 2.73 bits per heavy atom. The fraction of sp³-hybridized carbons (Fsp3) is 0.167. The van der Waals surface area contributed by atoms with Gasteiger partial charge in [-0.15, -0.1) is 12.4 Å². The lowest BCUT2D eigenvalue weighted by Gasteiger charge is -2.00. The first-order chi connectivity index (χ1) is 4.72. The van der Waals surface area contributed by atoms with E-state index in [1.807, 2.05) is 0 Å². The SMILES string of the molecule is Cl.NC(C(=O)O)c1ccsc1. The van der Waals surface area contributed by atoms with Crippen molar-refractivity contribution in [1.29, 1.82) is 0 Å². The monoisotopic (exact) mass is 193 g/mol. The van der Waals surface area contributed by atoms with Crippen LogP contribution in [-0.4, -0.2) is 11.1 Å². The van der Waals surface area contributed by atoms with Gasteiger partial charge in [-0.3, -0.25) is 4.79 Å². The van der Waals surface area contributed by atoms with Crippen LogP contribution < -0.4 is 5.73 Å². The standard InChI is InChI=1S/C6H7NO2S.ClH/c7-5(6(8)9)4-1-2-10-3-4;/h1-3,5H,7H2,(H,8,9);1H. The summed E-state index contributed by atoms with van der Waals surface area (Å²) in [4.78, 5) is 10.3. The number of carboxylic acids is 1. The Morgan fingerprint density at radius 1 is 1.73 bits per heavy atom. The van der Waals surface area contributed by atoms with E-state index in [-0.39, 0.29) is 12.4 Å². The molecule has 0 saturated carbocycles. The van der Waals surface area contributed by atoms with Crippen molar-refractivity contribution in [3.05, 3.63) is 22.4 Å². The molecule has 1 heterocycles. The Labute approximate surface area is 74.3 Å². The highest BCUT2D eigenvalue weighted by atomic mass is 35.5. The fourth-order valence-electron chi connectivity index (χ4n) is 0.595. The number of halogens is 1. The molecule has 62 valence electrons. The molecule has 0 fully saturated rings. The maximum absolute atomic E-state index is 10.3. The van der Waals surface area contributed by atoms with E-state index < -0.39 is 12.0 Å². The number of hydrogen-bond acceptors (Lipinski definition) is 3. The minimum atomic E-state index is -0.988. The Balaban J connectivity index is 0.000001000. The van der Waals surface area contributed by atoms with E-state index in [0.29, 0.717) is 5.56 Å². The second kappa shape index (κ2) is 4.33. The predicted octanol–water partition coefficient (Wildman–Crippen LogP) is 1.25. The van der Waals surface area contributed by atoms with E-state index in [1.165, 1.54) is 11.3 Å². The molecular formula is C6H8ClNO2S. The van der Waals surface area contributed by atoms with E-state index >= 15 is 0 Å². The van der Waals surface area contributed by atoms with E-state index in [0.717, 1.165) is 0 Å². The number of aliphatic carboxylic acids is 1. The highest BCUT2D eigenvalue weighted by Crippen LogP contribution is 2.13. The lowest BCUT2D eigenvalue weighted by molar-refractivity contribution is -0.138. The second-order valence-electron chi connectivity index (χ2n) is 1.87. The first-order valence-electron chi connectivity index (χ1n) is 2.72. The van der Waals surface area contributed by atoms with Crippen LogP contribution >= 0.6 is 23.7 Å². The van der Waals surface area contributed by atoms with Gasteiger partial charge in [-0.05, 0) is 22.4 Å². The zero-order valence-corrected chi connectivity index (χ0v) is 7.19. The minimum Gasteiger partial charge on any atom is -0.480 e. The molecule has 1 aromatic heterocycles. The van der Waals surface area contributed by atoms with Crippen LogP contribution in [-0.2, 0) is 4.79 Å². The Kier molecular flexibility index (Phi) is 4.10. The molecule has 0 amide bonds. The van der Waals surface area contributed by atoms with Crippen LogP contribution in [0.4, 0.5) is 0 Å². The summed E-state index contributed by atoms with van der Waals surface area (Å²) in [6, 6.07) is 0.843. The second-order valence-corrected chi connectivity index (χ2v) is 2.65. The molecule has 1 aromatic rings. The molecular weight excluding hydrogens is 186 g/mol. The van der Waals surface area contributed by atoms with E-state index in [2.05, 4.69) is 0 Å². The van der Waals surface area contributed by atoms with Crippen molar-refractivity contribution in [2.45, 2.75) is 6.04 Å². The number of rotatable bonds is 2. The lowest BCUT2D eigenvalue weighted by atomic mass is 10.2. The molecule has 0 saturated heterocycles. The number of nitrogens with two attached hydrogens (primary N) is 1. The highest BCUT2D eigenvalue weighted by molar-refractivity contribution is 7.08. The predicted molar refractivity (Wildman–Crippen MR) is 46.1 cm³/mol. The van der Waals surface area contributed by atoms with Crippen molar-refractivity contribution in [1.82, 2.24) is 0 Å². The van der Waals surface area contributed by atoms with Crippen molar-refractivity contribution in [3.63, 3.8) is 0 Å². The molecule has 0 spiro atoms. The lowest BCUT2D eigenvalue weighted by Crippen LogP contribution is -2.19. The van der Waals surface area contributed by atoms with Crippen molar-refractivity contribution < 1.29 is 9.90 Å². The fourth-order valence-corrected chi connectivity index (χ4v) is 1.29. The van der Waals surface area contributed by atoms with Crippen molar-refractivity contribution in [2.75, 3.05) is 0 Å². The number of thiophene rings is 1. The zero-order chi connectivity index (χ0) is 7.56. The molecule has 0 radical (unpaired) electrons. The normalized spacial score (nSPS) is 11.7. The first kappa shape index (κ1) is 10.4. The zero-order valence-electron chi connectivity index (χ0n) is 5.56. The van der Waals surface area contributed by atoms with Gasteiger partial charge in [-0.2, -0.15) is 11.3 Å². The third-order valence-corrected chi connectivity index (χ3v) is 1.87. The molecule has 11 heavy (non-hydrogen) atoms. The van der Waals surface area contributed by atoms with Gasteiger partial charge in [-0.1, -0.05) is 0 Å². The van der Waals surface area contributed by atoms with Gasteiger partial charge in [0.25, 0.3) is 0 Å². The Morgan fingerprint density at radius 2 is 2.36 bits per heavy atom.